The van der Waals surface area contributed by atoms with Gasteiger partial charge in [-0.15, -0.1) is 0 Å². The van der Waals surface area contributed by atoms with Crippen LogP contribution in [0, 0.1) is 0 Å². The lowest BCUT2D eigenvalue weighted by Gasteiger charge is -2.23. The number of halogens is 2. The molecule has 8 nitrogen and oxygen atoms in total. The highest BCUT2D eigenvalue weighted by Crippen LogP contribution is 2.33. The molecule has 3 aromatic rings. The average Bonchev–Trinajstić information content (AvgIpc) is 2.92. The first-order chi connectivity index (χ1) is 19.2. The third-order valence-electron chi connectivity index (χ3n) is 6.57. The Morgan fingerprint density at radius 1 is 0.950 bits per heavy atom. The fourth-order valence-corrected chi connectivity index (χ4v) is 5.27. The number of amides is 2. The van der Waals surface area contributed by atoms with Crippen LogP contribution in [0.2, 0.25) is 10.0 Å². The van der Waals surface area contributed by atoms with Crippen molar-refractivity contribution in [1.82, 2.24) is 5.32 Å². The lowest BCUT2D eigenvalue weighted by atomic mass is 9.84. The first-order valence-corrected chi connectivity index (χ1v) is 13.2. The number of carboxylic acids is 1. The number of esters is 1. The fraction of sp³-hybridized carbons (Fsp3) is 0.200. The Morgan fingerprint density at radius 2 is 1.62 bits per heavy atom. The minimum atomic E-state index is -1.04. The number of carboxylic acid groups (broad SMARTS) is 1. The molecule has 0 aromatic heterocycles. The first-order valence-electron chi connectivity index (χ1n) is 12.5. The van der Waals surface area contributed by atoms with Crippen LogP contribution in [0.1, 0.15) is 50.2 Å². The molecule has 0 radical (unpaired) electrons. The van der Waals surface area contributed by atoms with Gasteiger partial charge < -0.3 is 20.5 Å². The van der Waals surface area contributed by atoms with Crippen molar-refractivity contribution >= 4 is 58.2 Å². The van der Waals surface area contributed by atoms with Crippen molar-refractivity contribution in [2.45, 2.75) is 31.7 Å². The van der Waals surface area contributed by atoms with Gasteiger partial charge in [0.05, 0.1) is 22.7 Å². The molecule has 0 unspecified atom stereocenters. The molecule has 2 amide bonds. The topological polar surface area (TPSA) is 122 Å². The summed E-state index contributed by atoms with van der Waals surface area (Å²) in [6.45, 7) is 0. The van der Waals surface area contributed by atoms with Crippen molar-refractivity contribution < 1.29 is 29.0 Å². The van der Waals surface area contributed by atoms with Crippen LogP contribution in [0.3, 0.4) is 0 Å². The highest BCUT2D eigenvalue weighted by atomic mass is 35.5. The highest BCUT2D eigenvalue weighted by molar-refractivity contribution is 6.40. The van der Waals surface area contributed by atoms with Crippen LogP contribution in [0.4, 0.5) is 5.69 Å². The molecule has 0 aliphatic heterocycles. The number of aliphatic carboxylic acids is 1. The monoisotopic (exact) mass is 580 g/mol. The van der Waals surface area contributed by atoms with E-state index < -0.39 is 29.8 Å². The van der Waals surface area contributed by atoms with Crippen molar-refractivity contribution in [3.63, 3.8) is 0 Å². The molecule has 1 aliphatic carbocycles. The maximum atomic E-state index is 13.3. The van der Waals surface area contributed by atoms with E-state index in [1.54, 1.807) is 60.7 Å². The zero-order valence-electron chi connectivity index (χ0n) is 21.5. The quantitative estimate of drug-likeness (QED) is 0.237. The van der Waals surface area contributed by atoms with Gasteiger partial charge in [-0.2, -0.15) is 0 Å². The number of methoxy groups -OCH3 is 1. The van der Waals surface area contributed by atoms with Gasteiger partial charge in [-0.25, -0.2) is 9.59 Å². The molecule has 0 heterocycles. The van der Waals surface area contributed by atoms with Crippen LogP contribution in [-0.2, 0) is 27.2 Å². The molecule has 3 N–H and O–H groups in total. The van der Waals surface area contributed by atoms with Crippen LogP contribution in [0.25, 0.3) is 5.57 Å². The Morgan fingerprint density at radius 3 is 2.27 bits per heavy atom. The van der Waals surface area contributed by atoms with Crippen LogP contribution in [-0.4, -0.2) is 42.0 Å². The number of carbonyl (C=O) groups is 4. The number of hydrogen-bond acceptors (Lipinski definition) is 5. The molecule has 0 saturated carbocycles. The number of ether oxygens (including phenoxy) is 1. The van der Waals surface area contributed by atoms with E-state index in [1.165, 1.54) is 13.2 Å². The van der Waals surface area contributed by atoms with Gasteiger partial charge in [0.25, 0.3) is 11.8 Å². The summed E-state index contributed by atoms with van der Waals surface area (Å²) in [5.41, 5.74) is 3.90. The van der Waals surface area contributed by atoms with Gasteiger partial charge >= 0.3 is 11.9 Å². The van der Waals surface area contributed by atoms with Crippen molar-refractivity contribution in [3.05, 3.63) is 105 Å². The number of nitrogens with one attached hydrogen (secondary N) is 2. The molecule has 0 saturated heterocycles. The maximum absolute atomic E-state index is 13.3. The van der Waals surface area contributed by atoms with Gasteiger partial charge in [-0.1, -0.05) is 53.5 Å². The molecule has 1 atom stereocenters. The lowest BCUT2D eigenvalue weighted by molar-refractivity contribution is -0.142. The van der Waals surface area contributed by atoms with Crippen molar-refractivity contribution in [1.29, 1.82) is 0 Å². The van der Waals surface area contributed by atoms with Crippen molar-refractivity contribution in [3.8, 4) is 0 Å². The van der Waals surface area contributed by atoms with E-state index in [-0.39, 0.29) is 22.0 Å². The average molecular weight is 581 g/mol. The zero-order valence-corrected chi connectivity index (χ0v) is 23.0. The standard InChI is InChI=1S/C30H26Cl2N2O6/c1-40-30(39)25(34-28(37)22-8-3-6-20-18(16-26(35)36)5-2-7-21(20)22)15-17-11-13-19(14-12-17)33-29(38)27-23(31)9-4-10-24(27)32/h3-4,6,8-14,16,25H,2,5,7,15H2,1H3,(H,33,38)(H,34,37)(H,35,36)/t25-/m0/s1. The van der Waals surface area contributed by atoms with Gasteiger partial charge in [-0.3, -0.25) is 9.59 Å². The van der Waals surface area contributed by atoms with Crippen molar-refractivity contribution in [2.24, 2.45) is 0 Å². The van der Waals surface area contributed by atoms with Crippen LogP contribution >= 0.6 is 23.2 Å². The van der Waals surface area contributed by atoms with Gasteiger partial charge in [0.15, 0.2) is 0 Å². The Hall–Kier alpha value is -4.14. The summed E-state index contributed by atoms with van der Waals surface area (Å²) in [7, 11) is 1.24. The minimum Gasteiger partial charge on any atom is -0.478 e. The van der Waals surface area contributed by atoms with Gasteiger partial charge in [0.2, 0.25) is 0 Å². The van der Waals surface area contributed by atoms with Gasteiger partial charge in [-0.05, 0) is 71.9 Å². The smallest absolute Gasteiger partial charge is 0.328 e. The van der Waals surface area contributed by atoms with E-state index in [9.17, 15) is 24.3 Å². The molecular weight excluding hydrogens is 555 g/mol. The van der Waals surface area contributed by atoms with Gasteiger partial charge in [0, 0.05) is 23.7 Å². The molecule has 1 aliphatic rings. The fourth-order valence-electron chi connectivity index (χ4n) is 4.70. The largest absolute Gasteiger partial charge is 0.478 e. The summed E-state index contributed by atoms with van der Waals surface area (Å²) >= 11 is 12.2. The Balaban J connectivity index is 1.49. The van der Waals surface area contributed by atoms with Crippen LogP contribution in [0.5, 0.6) is 0 Å². The molecule has 3 aromatic carbocycles. The van der Waals surface area contributed by atoms with E-state index in [4.69, 9.17) is 27.9 Å². The Labute approximate surface area is 240 Å². The van der Waals surface area contributed by atoms with E-state index in [0.29, 0.717) is 41.6 Å². The predicted octanol–water partition coefficient (Wildman–Crippen LogP) is 5.56. The Bertz CT molecular complexity index is 1480. The minimum absolute atomic E-state index is 0.141. The second-order valence-electron chi connectivity index (χ2n) is 9.19. The summed E-state index contributed by atoms with van der Waals surface area (Å²) in [4.78, 5) is 49.8. The summed E-state index contributed by atoms with van der Waals surface area (Å²) < 4.78 is 4.93. The molecule has 0 bridgehead atoms. The third kappa shape index (κ3) is 6.70. The second kappa shape index (κ2) is 12.8. The number of rotatable bonds is 8. The van der Waals surface area contributed by atoms with E-state index in [0.717, 1.165) is 11.1 Å². The molecule has 40 heavy (non-hydrogen) atoms. The SMILES string of the molecule is COC(=O)[C@H](Cc1ccc(NC(=O)c2c(Cl)cccc2Cl)cc1)NC(=O)c1cccc2c1CCCC2=CC(=O)O. The normalized spacial score (nSPS) is 14.1. The summed E-state index contributed by atoms with van der Waals surface area (Å²) in [5.74, 6) is -2.57. The first kappa shape index (κ1) is 28.9. The number of fused-ring (bicyclic) bond motifs is 1. The molecule has 206 valence electrons. The van der Waals surface area contributed by atoms with E-state index >= 15 is 0 Å². The second-order valence-corrected chi connectivity index (χ2v) is 10.0. The van der Waals surface area contributed by atoms with Crippen molar-refractivity contribution in [2.75, 3.05) is 12.4 Å². The maximum Gasteiger partial charge on any atom is 0.328 e. The highest BCUT2D eigenvalue weighted by Gasteiger charge is 2.26. The number of carbonyl (C=O) groups excluding carboxylic acids is 3. The number of hydrogen-bond donors (Lipinski definition) is 3. The number of allylic oxidation sites excluding steroid dienone is 1. The van der Waals surface area contributed by atoms with Gasteiger partial charge in [0.1, 0.15) is 6.04 Å². The molecule has 10 heteroatoms. The predicted molar refractivity (Wildman–Crippen MR) is 153 cm³/mol. The number of benzene rings is 3. The molecule has 4 rings (SSSR count). The molecular formula is C30H26Cl2N2O6. The summed E-state index contributed by atoms with van der Waals surface area (Å²) in [6, 6.07) is 15.8. The zero-order chi connectivity index (χ0) is 28.8. The number of anilines is 1. The summed E-state index contributed by atoms with van der Waals surface area (Å²) in [6.07, 6.45) is 3.25. The van der Waals surface area contributed by atoms with E-state index in [1.807, 2.05) is 0 Å². The summed E-state index contributed by atoms with van der Waals surface area (Å²) in [5, 5.41) is 15.2. The molecule has 0 fully saturated rings. The van der Waals surface area contributed by atoms with Crippen LogP contribution in [0.15, 0.2) is 66.7 Å². The van der Waals surface area contributed by atoms with Crippen LogP contribution < -0.4 is 10.6 Å². The van der Waals surface area contributed by atoms with E-state index in [2.05, 4.69) is 10.6 Å². The third-order valence-corrected chi connectivity index (χ3v) is 7.20. The molecule has 0 spiro atoms. The lowest BCUT2D eigenvalue weighted by Crippen LogP contribution is -2.43. The Kier molecular flexibility index (Phi) is 9.24.